The first kappa shape index (κ1) is 35.7. The number of nitrogens with zero attached hydrogens (tertiary/aromatic N) is 4. The summed E-state index contributed by atoms with van der Waals surface area (Å²) in [7, 11) is -2.34. The minimum absolute atomic E-state index is 0.00781. The van der Waals surface area contributed by atoms with Gasteiger partial charge in [0.2, 0.25) is 27.7 Å². The standard InChI is InChI=1S/C35H41N7O8S/c1-6-21-17-35(21,33(46)41-51(47,48)24-8-9-24)40-30(44)27-16-23(50-31-25-10-7-22(49-5)15-20(25)11-12-38-31)19-42(27)32(45)28(34(2,3)4)39-29(43)26-18-36-13-14-37-26/h6-7,10-15,18,21,23-24,27-28H,1,8-9,16-17,19H2,2-5H3,(H,39,43)(H,40,44)(H,41,46)/t21-,23-,27+,28?,35?/m1/s1. The number of amides is 4. The lowest BCUT2D eigenvalue weighted by Gasteiger charge is -2.35. The van der Waals surface area contributed by atoms with Crippen molar-refractivity contribution >= 4 is 44.4 Å². The van der Waals surface area contributed by atoms with E-state index in [4.69, 9.17) is 9.47 Å². The molecule has 270 valence electrons. The SMILES string of the molecule is C=C[C@@H]1CC1(NC(=O)[C@@H]1C[C@@H](Oc2nccc3cc(OC)ccc23)CN1C(=O)C(NC(=O)c1cnccn1)C(C)(C)C)C(=O)NS(=O)(=O)C1CC1. The van der Waals surface area contributed by atoms with E-state index in [2.05, 4.69) is 36.9 Å². The Bertz CT molecular complexity index is 1980. The van der Waals surface area contributed by atoms with Gasteiger partial charge in [-0.25, -0.2) is 18.4 Å². The second-order valence-electron chi connectivity index (χ2n) is 14.2. The number of carbonyl (C=O) groups is 4. The van der Waals surface area contributed by atoms with Gasteiger partial charge in [0.25, 0.3) is 11.8 Å². The Morgan fingerprint density at radius 1 is 1.10 bits per heavy atom. The summed E-state index contributed by atoms with van der Waals surface area (Å²) in [6.07, 6.45) is 7.46. The summed E-state index contributed by atoms with van der Waals surface area (Å²) in [5, 5.41) is 6.39. The minimum Gasteiger partial charge on any atom is -0.497 e. The van der Waals surface area contributed by atoms with E-state index in [0.29, 0.717) is 24.0 Å². The number of benzene rings is 1. The van der Waals surface area contributed by atoms with Crippen molar-refractivity contribution in [1.82, 2.24) is 35.2 Å². The van der Waals surface area contributed by atoms with Crippen LogP contribution in [-0.4, -0.2) is 94.5 Å². The predicted octanol–water partition coefficient (Wildman–Crippen LogP) is 1.90. The number of methoxy groups -OCH3 is 1. The highest BCUT2D eigenvalue weighted by molar-refractivity contribution is 7.91. The molecule has 0 radical (unpaired) electrons. The van der Waals surface area contributed by atoms with E-state index in [1.54, 1.807) is 52.3 Å². The van der Waals surface area contributed by atoms with Crippen molar-refractivity contribution in [3.8, 4) is 11.6 Å². The van der Waals surface area contributed by atoms with E-state index in [-0.39, 0.29) is 31.0 Å². The first-order valence-corrected chi connectivity index (χ1v) is 18.2. The Labute approximate surface area is 295 Å². The number of rotatable bonds is 12. The van der Waals surface area contributed by atoms with Crippen LogP contribution in [0.15, 0.2) is 61.7 Å². The smallest absolute Gasteiger partial charge is 0.272 e. The summed E-state index contributed by atoms with van der Waals surface area (Å²) < 4.78 is 39.2. The van der Waals surface area contributed by atoms with Crippen LogP contribution in [0.5, 0.6) is 11.6 Å². The Hall–Kier alpha value is -5.12. The quantitative estimate of drug-likeness (QED) is 0.231. The monoisotopic (exact) mass is 719 g/mol. The van der Waals surface area contributed by atoms with Crippen LogP contribution < -0.4 is 24.8 Å². The molecule has 15 nitrogen and oxygen atoms in total. The van der Waals surface area contributed by atoms with E-state index in [0.717, 1.165) is 5.39 Å². The van der Waals surface area contributed by atoms with Crippen molar-refractivity contribution in [3.63, 3.8) is 0 Å². The van der Waals surface area contributed by atoms with Gasteiger partial charge in [-0.15, -0.1) is 6.58 Å². The molecule has 0 spiro atoms. The number of aromatic nitrogens is 3. The van der Waals surface area contributed by atoms with Gasteiger partial charge in [0.05, 0.1) is 25.1 Å². The van der Waals surface area contributed by atoms with Gasteiger partial charge >= 0.3 is 0 Å². The molecule has 51 heavy (non-hydrogen) atoms. The maximum Gasteiger partial charge on any atom is 0.272 e. The molecule has 3 aromatic rings. The van der Waals surface area contributed by atoms with E-state index >= 15 is 0 Å². The Balaban J connectivity index is 1.30. The number of pyridine rings is 1. The highest BCUT2D eigenvalue weighted by Gasteiger charge is 2.62. The van der Waals surface area contributed by atoms with Gasteiger partial charge in [-0.3, -0.25) is 28.9 Å². The number of hydrogen-bond donors (Lipinski definition) is 3. The summed E-state index contributed by atoms with van der Waals surface area (Å²) in [5.41, 5.74) is -2.38. The molecule has 1 saturated heterocycles. The number of nitrogens with one attached hydrogen (secondary N) is 3. The van der Waals surface area contributed by atoms with Gasteiger partial charge in [-0.2, -0.15) is 0 Å². The number of hydrogen-bond acceptors (Lipinski definition) is 11. The molecule has 4 amide bonds. The molecular weight excluding hydrogens is 678 g/mol. The minimum atomic E-state index is -3.90. The van der Waals surface area contributed by atoms with Crippen LogP contribution in [0.25, 0.3) is 10.8 Å². The van der Waals surface area contributed by atoms with Crippen molar-refractivity contribution in [2.24, 2.45) is 11.3 Å². The van der Waals surface area contributed by atoms with Crippen LogP contribution >= 0.6 is 0 Å². The third-order valence-corrected chi connectivity index (χ3v) is 11.3. The van der Waals surface area contributed by atoms with Crippen LogP contribution in [-0.2, 0) is 24.4 Å². The largest absolute Gasteiger partial charge is 0.497 e. The van der Waals surface area contributed by atoms with Crippen LogP contribution in [0.1, 0.15) is 56.9 Å². The zero-order chi connectivity index (χ0) is 36.7. The average molecular weight is 720 g/mol. The molecule has 2 aromatic heterocycles. The molecule has 3 heterocycles. The molecule has 6 rings (SSSR count). The maximum atomic E-state index is 14.5. The van der Waals surface area contributed by atoms with E-state index in [9.17, 15) is 27.6 Å². The average Bonchev–Trinajstić information content (AvgIpc) is 4.03. The van der Waals surface area contributed by atoms with E-state index < -0.39 is 74.0 Å². The second kappa shape index (κ2) is 13.5. The molecule has 1 aromatic carbocycles. The first-order chi connectivity index (χ1) is 24.2. The van der Waals surface area contributed by atoms with E-state index in [1.807, 2.05) is 6.07 Å². The number of likely N-dealkylation sites (tertiary alicyclic amines) is 1. The summed E-state index contributed by atoms with van der Waals surface area (Å²) in [4.78, 5) is 69.1. The Kier molecular flexibility index (Phi) is 9.48. The molecular formula is C35H41N7O8S. The summed E-state index contributed by atoms with van der Waals surface area (Å²) >= 11 is 0. The molecule has 0 bridgehead atoms. The lowest BCUT2D eigenvalue weighted by molar-refractivity contribution is -0.142. The number of fused-ring (bicyclic) bond motifs is 1. The third kappa shape index (κ3) is 7.36. The fraction of sp³-hybridized carbons (Fsp3) is 0.457. The van der Waals surface area contributed by atoms with Gasteiger partial charge in [-0.05, 0) is 54.3 Å². The molecule has 2 saturated carbocycles. The summed E-state index contributed by atoms with van der Waals surface area (Å²) in [5.74, 6) is -2.32. The Morgan fingerprint density at radius 2 is 1.86 bits per heavy atom. The molecule has 2 unspecified atom stereocenters. The van der Waals surface area contributed by atoms with Crippen LogP contribution in [0, 0.1) is 11.3 Å². The van der Waals surface area contributed by atoms with Gasteiger partial charge in [0, 0.05) is 36.3 Å². The highest BCUT2D eigenvalue weighted by Crippen LogP contribution is 2.45. The van der Waals surface area contributed by atoms with Crippen LogP contribution in [0.4, 0.5) is 0 Å². The normalized spacial score (nSPS) is 23.5. The van der Waals surface area contributed by atoms with Gasteiger partial charge in [-0.1, -0.05) is 26.8 Å². The first-order valence-electron chi connectivity index (χ1n) is 16.6. The molecule has 3 aliphatic rings. The molecule has 16 heteroatoms. The molecule has 2 aliphatic carbocycles. The fourth-order valence-corrected chi connectivity index (χ4v) is 7.70. The fourth-order valence-electron chi connectivity index (χ4n) is 6.34. The van der Waals surface area contributed by atoms with Crippen LogP contribution in [0.3, 0.4) is 0 Å². The van der Waals surface area contributed by atoms with Crippen molar-refractivity contribution < 1.29 is 37.1 Å². The lowest BCUT2D eigenvalue weighted by Crippen LogP contribution is -2.60. The molecule has 3 N–H and O–H groups in total. The maximum absolute atomic E-state index is 14.5. The van der Waals surface area contributed by atoms with Gasteiger partial charge in [0.15, 0.2) is 0 Å². The molecule has 1 aliphatic heterocycles. The van der Waals surface area contributed by atoms with E-state index in [1.165, 1.54) is 29.6 Å². The molecule has 3 fully saturated rings. The topological polar surface area (TPSA) is 199 Å². The second-order valence-corrected chi connectivity index (χ2v) is 16.2. The van der Waals surface area contributed by atoms with Crippen molar-refractivity contribution in [2.75, 3.05) is 13.7 Å². The van der Waals surface area contributed by atoms with Crippen LogP contribution in [0.2, 0.25) is 0 Å². The highest BCUT2D eigenvalue weighted by atomic mass is 32.2. The lowest BCUT2D eigenvalue weighted by atomic mass is 9.85. The van der Waals surface area contributed by atoms with Gasteiger partial charge in [0.1, 0.15) is 35.2 Å². The summed E-state index contributed by atoms with van der Waals surface area (Å²) in [6, 6.07) is 4.93. The summed E-state index contributed by atoms with van der Waals surface area (Å²) in [6.45, 7) is 9.03. The number of ether oxygens (including phenoxy) is 2. The van der Waals surface area contributed by atoms with Gasteiger partial charge < -0.3 is 25.0 Å². The third-order valence-electron chi connectivity index (χ3n) is 9.49. The van der Waals surface area contributed by atoms with Crippen molar-refractivity contribution in [3.05, 3.63) is 67.4 Å². The predicted molar refractivity (Wildman–Crippen MR) is 185 cm³/mol. The zero-order valence-corrected chi connectivity index (χ0v) is 29.6. The number of sulfonamides is 1. The van der Waals surface area contributed by atoms with Crippen molar-refractivity contribution in [1.29, 1.82) is 0 Å². The van der Waals surface area contributed by atoms with Crippen molar-refractivity contribution in [2.45, 2.75) is 75.4 Å². The Morgan fingerprint density at radius 3 is 2.49 bits per heavy atom. The number of carbonyl (C=O) groups excluding carboxylic acids is 4. The molecule has 5 atom stereocenters. The zero-order valence-electron chi connectivity index (χ0n) is 28.8.